The van der Waals surface area contributed by atoms with Gasteiger partial charge in [0.25, 0.3) is 0 Å². The van der Waals surface area contributed by atoms with Crippen LogP contribution in [0.15, 0.2) is 24.3 Å². The summed E-state index contributed by atoms with van der Waals surface area (Å²) in [6, 6.07) is 7.99. The minimum Gasteiger partial charge on any atom is -0.374 e. The average Bonchev–Trinajstić information content (AvgIpc) is 2.32. The molecule has 0 aromatic heterocycles. The Morgan fingerprint density at radius 3 is 2.56 bits per heavy atom. The highest BCUT2D eigenvalue weighted by Gasteiger charge is 2.18. The van der Waals surface area contributed by atoms with Crippen molar-refractivity contribution in [1.82, 2.24) is 4.90 Å². The highest BCUT2D eigenvalue weighted by molar-refractivity contribution is 6.30. The number of ether oxygens (including phenoxy) is 1. The highest BCUT2D eigenvalue weighted by atomic mass is 35.5. The van der Waals surface area contributed by atoms with Crippen LogP contribution in [0.25, 0.3) is 0 Å². The number of hydrogen-bond donors (Lipinski definition) is 1. The van der Waals surface area contributed by atoms with Crippen molar-refractivity contribution in [3.63, 3.8) is 0 Å². The molecule has 1 heterocycles. The Morgan fingerprint density at radius 1 is 1.28 bits per heavy atom. The fourth-order valence-corrected chi connectivity index (χ4v) is 2.04. The van der Waals surface area contributed by atoms with Gasteiger partial charge >= 0.3 is 0 Å². The molecule has 0 bridgehead atoms. The van der Waals surface area contributed by atoms with Gasteiger partial charge in [-0.2, -0.15) is 0 Å². The average molecular weight is 314 g/mol. The topological polar surface area (TPSA) is 38.5 Å². The lowest BCUT2D eigenvalue weighted by Crippen LogP contribution is -2.45. The summed E-state index contributed by atoms with van der Waals surface area (Å²) in [4.78, 5) is 2.37. The van der Waals surface area contributed by atoms with Gasteiger partial charge in [-0.15, -0.1) is 24.8 Å². The molecule has 1 aromatic carbocycles. The van der Waals surface area contributed by atoms with Crippen molar-refractivity contribution in [2.45, 2.75) is 12.6 Å². The van der Waals surface area contributed by atoms with Crippen LogP contribution in [0.2, 0.25) is 5.02 Å². The van der Waals surface area contributed by atoms with Crippen LogP contribution in [-0.2, 0) is 11.3 Å². The number of benzene rings is 1. The van der Waals surface area contributed by atoms with Gasteiger partial charge in [-0.3, -0.25) is 4.90 Å². The van der Waals surface area contributed by atoms with Crippen molar-refractivity contribution < 1.29 is 4.74 Å². The molecule has 2 rings (SSSR count). The lowest BCUT2D eigenvalue weighted by molar-refractivity contribution is -0.0260. The van der Waals surface area contributed by atoms with Gasteiger partial charge in [0.15, 0.2) is 0 Å². The van der Waals surface area contributed by atoms with Gasteiger partial charge < -0.3 is 10.5 Å². The molecular formula is C12H19Cl3N2O. The van der Waals surface area contributed by atoms with E-state index in [4.69, 9.17) is 22.1 Å². The van der Waals surface area contributed by atoms with Gasteiger partial charge in [-0.25, -0.2) is 0 Å². The summed E-state index contributed by atoms with van der Waals surface area (Å²) in [5.74, 6) is 0. The van der Waals surface area contributed by atoms with E-state index in [0.717, 1.165) is 31.3 Å². The number of halogens is 3. The van der Waals surface area contributed by atoms with Crippen molar-refractivity contribution in [3.8, 4) is 0 Å². The zero-order valence-electron chi connectivity index (χ0n) is 10.0. The second-order valence-electron chi connectivity index (χ2n) is 4.09. The molecule has 0 amide bonds. The van der Waals surface area contributed by atoms with Gasteiger partial charge in [0.1, 0.15) is 0 Å². The molecule has 3 nitrogen and oxygen atoms in total. The van der Waals surface area contributed by atoms with Crippen LogP contribution in [0.3, 0.4) is 0 Å². The Bertz CT molecular complexity index is 335. The molecule has 18 heavy (non-hydrogen) atoms. The molecule has 0 aliphatic carbocycles. The maximum Gasteiger partial charge on any atom is 0.0824 e. The minimum absolute atomic E-state index is 0. The number of nitrogens with two attached hydrogens (primary N) is 1. The van der Waals surface area contributed by atoms with E-state index in [1.807, 2.05) is 12.1 Å². The summed E-state index contributed by atoms with van der Waals surface area (Å²) in [7, 11) is 0. The van der Waals surface area contributed by atoms with E-state index in [1.54, 1.807) is 0 Å². The van der Waals surface area contributed by atoms with Crippen molar-refractivity contribution >= 4 is 36.4 Å². The molecule has 1 fully saturated rings. The standard InChI is InChI=1S/C12H17ClN2O.2ClH/c13-11-3-1-10(2-4-11)8-15-5-6-16-12(7-14)9-15;;/h1-4,12H,5-9,14H2;2*1H. The van der Waals surface area contributed by atoms with Crippen molar-refractivity contribution in [2.75, 3.05) is 26.2 Å². The van der Waals surface area contributed by atoms with Crippen LogP contribution in [0, 0.1) is 0 Å². The lowest BCUT2D eigenvalue weighted by Gasteiger charge is -2.32. The number of hydrogen-bond acceptors (Lipinski definition) is 3. The molecule has 1 atom stereocenters. The molecular weight excluding hydrogens is 295 g/mol. The van der Waals surface area contributed by atoms with Crippen LogP contribution in [-0.4, -0.2) is 37.2 Å². The summed E-state index contributed by atoms with van der Waals surface area (Å²) in [6.07, 6.45) is 0.182. The first-order chi connectivity index (χ1) is 7.78. The maximum absolute atomic E-state index is 5.85. The van der Waals surface area contributed by atoms with Crippen molar-refractivity contribution in [3.05, 3.63) is 34.9 Å². The molecule has 2 N–H and O–H groups in total. The Kier molecular flexibility index (Phi) is 8.95. The van der Waals surface area contributed by atoms with E-state index in [2.05, 4.69) is 17.0 Å². The molecule has 1 aliphatic rings. The molecule has 1 aliphatic heterocycles. The van der Waals surface area contributed by atoms with E-state index < -0.39 is 0 Å². The summed E-state index contributed by atoms with van der Waals surface area (Å²) in [5, 5.41) is 0.783. The maximum atomic E-state index is 5.85. The zero-order valence-corrected chi connectivity index (χ0v) is 12.4. The largest absolute Gasteiger partial charge is 0.374 e. The van der Waals surface area contributed by atoms with Crippen LogP contribution in [0.4, 0.5) is 0 Å². The Balaban J connectivity index is 0.00000144. The molecule has 1 aromatic rings. The van der Waals surface area contributed by atoms with Crippen molar-refractivity contribution in [1.29, 1.82) is 0 Å². The number of nitrogens with zero attached hydrogens (tertiary/aromatic N) is 1. The molecule has 0 spiro atoms. The van der Waals surface area contributed by atoms with Gasteiger partial charge in [0.05, 0.1) is 12.7 Å². The second kappa shape index (κ2) is 8.97. The molecule has 0 saturated carbocycles. The smallest absolute Gasteiger partial charge is 0.0824 e. The second-order valence-corrected chi connectivity index (χ2v) is 4.53. The number of rotatable bonds is 3. The van der Waals surface area contributed by atoms with Gasteiger partial charge in [0, 0.05) is 31.2 Å². The molecule has 0 radical (unpaired) electrons. The van der Waals surface area contributed by atoms with E-state index in [-0.39, 0.29) is 30.9 Å². The zero-order chi connectivity index (χ0) is 11.4. The summed E-state index contributed by atoms with van der Waals surface area (Å²) in [6.45, 7) is 4.20. The van der Waals surface area contributed by atoms with E-state index >= 15 is 0 Å². The van der Waals surface area contributed by atoms with Crippen LogP contribution < -0.4 is 5.73 Å². The first-order valence-electron chi connectivity index (χ1n) is 5.56. The lowest BCUT2D eigenvalue weighted by atomic mass is 10.2. The predicted octanol–water partition coefficient (Wildman–Crippen LogP) is 2.34. The van der Waals surface area contributed by atoms with E-state index in [9.17, 15) is 0 Å². The van der Waals surface area contributed by atoms with Gasteiger partial charge in [-0.05, 0) is 17.7 Å². The SMILES string of the molecule is Cl.Cl.NCC1CN(Cc2ccc(Cl)cc2)CCO1. The van der Waals surface area contributed by atoms with Crippen LogP contribution in [0.5, 0.6) is 0 Å². The molecule has 6 heteroatoms. The molecule has 1 saturated heterocycles. The first kappa shape index (κ1) is 18.0. The first-order valence-corrected chi connectivity index (χ1v) is 5.94. The normalized spacial score (nSPS) is 19.8. The molecule has 1 unspecified atom stereocenters. The quantitative estimate of drug-likeness (QED) is 0.931. The minimum atomic E-state index is 0. The highest BCUT2D eigenvalue weighted by Crippen LogP contribution is 2.13. The fraction of sp³-hybridized carbons (Fsp3) is 0.500. The Hall–Kier alpha value is -0.0300. The van der Waals surface area contributed by atoms with E-state index in [1.165, 1.54) is 5.56 Å². The van der Waals surface area contributed by atoms with Crippen LogP contribution in [0.1, 0.15) is 5.56 Å². The predicted molar refractivity (Wildman–Crippen MR) is 80.0 cm³/mol. The third kappa shape index (κ3) is 5.31. The van der Waals surface area contributed by atoms with Gasteiger partial charge in [0.2, 0.25) is 0 Å². The third-order valence-corrected chi connectivity index (χ3v) is 3.06. The summed E-state index contributed by atoms with van der Waals surface area (Å²) >= 11 is 5.85. The van der Waals surface area contributed by atoms with Crippen molar-refractivity contribution in [2.24, 2.45) is 5.73 Å². The van der Waals surface area contributed by atoms with E-state index in [0.29, 0.717) is 6.54 Å². The summed E-state index contributed by atoms with van der Waals surface area (Å²) in [5.41, 5.74) is 6.89. The fourth-order valence-electron chi connectivity index (χ4n) is 1.91. The number of morpholine rings is 1. The molecule has 104 valence electrons. The Labute approximate surface area is 125 Å². The third-order valence-electron chi connectivity index (χ3n) is 2.81. The monoisotopic (exact) mass is 312 g/mol. The summed E-state index contributed by atoms with van der Waals surface area (Å²) < 4.78 is 5.53. The van der Waals surface area contributed by atoms with Crippen LogP contribution >= 0.6 is 36.4 Å². The Morgan fingerprint density at radius 2 is 1.94 bits per heavy atom. The van der Waals surface area contributed by atoms with Gasteiger partial charge in [-0.1, -0.05) is 23.7 Å².